The van der Waals surface area contributed by atoms with Gasteiger partial charge in [-0.05, 0) is 12.1 Å². The molecule has 1 aromatic rings. The Morgan fingerprint density at radius 1 is 1.15 bits per heavy atom. The fourth-order valence-electron chi connectivity index (χ4n) is 3.98. The minimum absolute atomic E-state index is 0.0730. The van der Waals surface area contributed by atoms with Crippen molar-refractivity contribution in [2.75, 3.05) is 45.5 Å². The molecule has 0 N–H and O–H groups in total. The maximum absolute atomic E-state index is 12.3. The van der Waals surface area contributed by atoms with E-state index in [4.69, 9.17) is 23.7 Å². The minimum atomic E-state index is -0.628. The normalized spacial score (nSPS) is 23.0. The average Bonchev–Trinajstić information content (AvgIpc) is 3.12. The number of methoxy groups -OCH3 is 2. The lowest BCUT2D eigenvalue weighted by atomic mass is 9.93. The summed E-state index contributed by atoms with van der Waals surface area (Å²) >= 11 is 0. The zero-order valence-electron chi connectivity index (χ0n) is 14.8. The number of carbonyl (C=O) groups is 2. The van der Waals surface area contributed by atoms with Crippen molar-refractivity contribution in [3.63, 3.8) is 0 Å². The molecule has 4 rings (SSSR count). The Hall–Kier alpha value is -2.32. The van der Waals surface area contributed by atoms with E-state index in [1.165, 1.54) is 14.2 Å². The molecule has 0 saturated carbocycles. The predicted molar refractivity (Wildman–Crippen MR) is 89.6 cm³/mol. The molecule has 0 unspecified atom stereocenters. The molecular weight excluding hydrogens is 342 g/mol. The molecule has 3 heterocycles. The zero-order chi connectivity index (χ0) is 18.3. The summed E-state index contributed by atoms with van der Waals surface area (Å²) in [7, 11) is 2.54. The Morgan fingerprint density at radius 2 is 1.88 bits per heavy atom. The highest BCUT2D eigenvalue weighted by molar-refractivity contribution is 6.06. The van der Waals surface area contributed by atoms with E-state index in [-0.39, 0.29) is 17.2 Å². The van der Waals surface area contributed by atoms with Gasteiger partial charge in [0.1, 0.15) is 12.2 Å². The topological polar surface area (TPSA) is 83.5 Å². The first kappa shape index (κ1) is 17.1. The molecule has 0 bridgehead atoms. The number of rotatable bonds is 2. The number of piperidine rings is 1. The number of fused-ring (bicyclic) bond motifs is 3. The molecule has 0 aliphatic carbocycles. The van der Waals surface area contributed by atoms with E-state index in [2.05, 4.69) is 4.90 Å². The average molecular weight is 363 g/mol. The quantitative estimate of drug-likeness (QED) is 0.729. The molecule has 2 fully saturated rings. The molecule has 1 spiro atoms. The van der Waals surface area contributed by atoms with E-state index in [0.717, 1.165) is 12.1 Å². The van der Waals surface area contributed by atoms with Gasteiger partial charge in [-0.2, -0.15) is 0 Å². The van der Waals surface area contributed by atoms with E-state index >= 15 is 0 Å². The predicted octanol–water partition coefficient (Wildman–Crippen LogP) is 1.36. The maximum Gasteiger partial charge on any atom is 0.342 e. The van der Waals surface area contributed by atoms with Crippen molar-refractivity contribution in [3.8, 4) is 5.75 Å². The smallest absolute Gasteiger partial charge is 0.342 e. The van der Waals surface area contributed by atoms with Crippen LogP contribution in [0.25, 0.3) is 0 Å². The van der Waals surface area contributed by atoms with Crippen molar-refractivity contribution < 1.29 is 33.3 Å². The molecule has 3 aliphatic rings. The molecule has 0 aromatic heterocycles. The van der Waals surface area contributed by atoms with Crippen molar-refractivity contribution in [2.24, 2.45) is 0 Å². The lowest BCUT2D eigenvalue weighted by Crippen LogP contribution is -2.55. The number of anilines is 1. The van der Waals surface area contributed by atoms with Crippen LogP contribution >= 0.6 is 0 Å². The van der Waals surface area contributed by atoms with Crippen LogP contribution in [0.3, 0.4) is 0 Å². The summed E-state index contributed by atoms with van der Waals surface area (Å²) in [5, 5.41) is 0. The van der Waals surface area contributed by atoms with E-state index in [9.17, 15) is 9.59 Å². The molecule has 26 heavy (non-hydrogen) atoms. The Balaban J connectivity index is 1.72. The van der Waals surface area contributed by atoms with Crippen LogP contribution in [0.4, 0.5) is 5.69 Å². The van der Waals surface area contributed by atoms with Crippen LogP contribution in [-0.4, -0.2) is 64.4 Å². The summed E-state index contributed by atoms with van der Waals surface area (Å²) in [4.78, 5) is 26.6. The van der Waals surface area contributed by atoms with Crippen molar-refractivity contribution >= 4 is 17.6 Å². The van der Waals surface area contributed by atoms with Crippen molar-refractivity contribution in [1.82, 2.24) is 0 Å². The van der Waals surface area contributed by atoms with Crippen molar-refractivity contribution in [1.29, 1.82) is 0 Å². The Bertz CT molecular complexity index is 741. The van der Waals surface area contributed by atoms with Gasteiger partial charge >= 0.3 is 11.9 Å². The summed E-state index contributed by atoms with van der Waals surface area (Å²) in [6, 6.07) is 3.44. The third kappa shape index (κ3) is 2.60. The molecule has 0 radical (unpaired) electrons. The van der Waals surface area contributed by atoms with Crippen molar-refractivity contribution in [2.45, 2.75) is 24.7 Å². The first-order chi connectivity index (χ1) is 12.6. The second kappa shape index (κ2) is 6.44. The molecule has 2 saturated heterocycles. The number of hydrogen-bond acceptors (Lipinski definition) is 8. The van der Waals surface area contributed by atoms with E-state index in [1.54, 1.807) is 12.1 Å². The van der Waals surface area contributed by atoms with Gasteiger partial charge in [0.25, 0.3) is 0 Å². The van der Waals surface area contributed by atoms with Crippen LogP contribution in [-0.2, 0) is 18.9 Å². The van der Waals surface area contributed by atoms with Crippen LogP contribution < -0.4 is 9.64 Å². The van der Waals surface area contributed by atoms with Crippen LogP contribution in [0.15, 0.2) is 12.1 Å². The summed E-state index contributed by atoms with van der Waals surface area (Å²) in [6.45, 7) is 2.30. The molecule has 8 heteroatoms. The lowest BCUT2D eigenvalue weighted by molar-refractivity contribution is -0.178. The van der Waals surface area contributed by atoms with Crippen LogP contribution in [0, 0.1) is 0 Å². The Morgan fingerprint density at radius 3 is 2.58 bits per heavy atom. The molecule has 0 amide bonds. The third-order valence-corrected chi connectivity index (χ3v) is 5.20. The van der Waals surface area contributed by atoms with Crippen LogP contribution in [0.5, 0.6) is 5.75 Å². The summed E-state index contributed by atoms with van der Waals surface area (Å²) in [6.07, 6.45) is 1.42. The zero-order valence-corrected chi connectivity index (χ0v) is 14.8. The number of esters is 2. The van der Waals surface area contributed by atoms with Gasteiger partial charge in [-0.25, -0.2) is 9.59 Å². The van der Waals surface area contributed by atoms with Crippen LogP contribution in [0.2, 0.25) is 0 Å². The highest BCUT2D eigenvalue weighted by Crippen LogP contribution is 2.44. The van der Waals surface area contributed by atoms with Crippen molar-refractivity contribution in [3.05, 3.63) is 23.3 Å². The van der Waals surface area contributed by atoms with Crippen LogP contribution in [0.1, 0.15) is 33.6 Å². The Labute approximate surface area is 150 Å². The highest BCUT2D eigenvalue weighted by Gasteiger charge is 2.47. The summed E-state index contributed by atoms with van der Waals surface area (Å²) in [5.74, 6) is -1.40. The number of ether oxygens (including phenoxy) is 5. The molecule has 1 aromatic carbocycles. The van der Waals surface area contributed by atoms with E-state index in [0.29, 0.717) is 38.5 Å². The second-order valence-electron chi connectivity index (χ2n) is 6.54. The van der Waals surface area contributed by atoms with E-state index in [1.807, 2.05) is 0 Å². The standard InChI is InChI=1S/C18H21NO7/c1-22-16(20)12-3-4-13-15(14(12)17(21)23-2)24-10-11-9-18(5-6-19(11)13)25-7-8-26-18/h3-4,11H,5-10H2,1-2H3/t11-/m0/s1. The maximum atomic E-state index is 12.3. The van der Waals surface area contributed by atoms with Gasteiger partial charge in [0.05, 0.1) is 44.7 Å². The number of carbonyl (C=O) groups excluding carboxylic acids is 2. The molecule has 8 nitrogen and oxygen atoms in total. The first-order valence-corrected chi connectivity index (χ1v) is 8.59. The molecule has 140 valence electrons. The lowest BCUT2D eigenvalue weighted by Gasteiger charge is -2.47. The van der Waals surface area contributed by atoms with Gasteiger partial charge in [-0.15, -0.1) is 0 Å². The number of nitrogens with zero attached hydrogens (tertiary/aromatic N) is 1. The fraction of sp³-hybridized carbons (Fsp3) is 0.556. The second-order valence-corrected chi connectivity index (χ2v) is 6.54. The SMILES string of the molecule is COC(=O)c1ccc2c(c1C(=O)OC)OC[C@@H]1CC3(CCN21)OCCO3. The highest BCUT2D eigenvalue weighted by atomic mass is 16.7. The van der Waals surface area contributed by atoms with Gasteiger partial charge in [0.15, 0.2) is 11.5 Å². The first-order valence-electron chi connectivity index (χ1n) is 8.59. The fourth-order valence-corrected chi connectivity index (χ4v) is 3.98. The molecule has 3 aliphatic heterocycles. The monoisotopic (exact) mass is 363 g/mol. The van der Waals surface area contributed by atoms with Gasteiger partial charge < -0.3 is 28.6 Å². The largest absolute Gasteiger partial charge is 0.488 e. The Kier molecular flexibility index (Phi) is 4.24. The number of hydrogen-bond donors (Lipinski definition) is 0. The van der Waals surface area contributed by atoms with Gasteiger partial charge in [0.2, 0.25) is 0 Å². The molecule has 1 atom stereocenters. The van der Waals surface area contributed by atoms with Gasteiger partial charge in [0, 0.05) is 19.4 Å². The van der Waals surface area contributed by atoms with Gasteiger partial charge in [-0.3, -0.25) is 0 Å². The van der Waals surface area contributed by atoms with E-state index < -0.39 is 17.7 Å². The minimum Gasteiger partial charge on any atom is -0.488 e. The summed E-state index contributed by atoms with van der Waals surface area (Å²) < 4.78 is 27.2. The number of benzene rings is 1. The molecular formula is C18H21NO7. The van der Waals surface area contributed by atoms with Gasteiger partial charge in [-0.1, -0.05) is 0 Å². The summed E-state index contributed by atoms with van der Waals surface area (Å²) in [5.41, 5.74) is 0.999. The third-order valence-electron chi connectivity index (χ3n) is 5.20.